The number of hydrogen-bond acceptors (Lipinski definition) is 10. The van der Waals surface area contributed by atoms with Gasteiger partial charge in [-0.05, 0) is 12.0 Å². The number of carboxylic acid groups (broad SMARTS) is 2. The van der Waals surface area contributed by atoms with Crippen molar-refractivity contribution < 1.29 is 58.5 Å². The van der Waals surface area contributed by atoms with Gasteiger partial charge in [-0.1, -0.05) is 30.3 Å². The average molecular weight is 637 g/mol. The molecule has 10 N–H and O–H groups in total. The monoisotopic (exact) mass is 636 g/mol. The minimum Gasteiger partial charge on any atom is -0.481 e. The number of carbonyl (C=O) groups excluding carboxylic acids is 7. The van der Waals surface area contributed by atoms with Gasteiger partial charge < -0.3 is 52.4 Å². The van der Waals surface area contributed by atoms with E-state index in [4.69, 9.17) is 10.8 Å². The fourth-order valence-corrected chi connectivity index (χ4v) is 3.84. The largest absolute Gasteiger partial charge is 0.481 e. The molecule has 0 bridgehead atoms. The Balaban J connectivity index is 3.21. The van der Waals surface area contributed by atoms with Crippen LogP contribution < -0.4 is 32.3 Å². The molecule has 0 spiro atoms. The smallest absolute Gasteiger partial charge is 0.305 e. The molecule has 0 aliphatic heterocycles. The lowest BCUT2D eigenvalue weighted by Crippen LogP contribution is -2.60. The lowest BCUT2D eigenvalue weighted by molar-refractivity contribution is -0.142. The van der Waals surface area contributed by atoms with Crippen LogP contribution >= 0.6 is 0 Å². The minimum absolute atomic E-state index is 0.186. The van der Waals surface area contributed by atoms with Gasteiger partial charge in [0, 0.05) is 19.8 Å². The molecule has 1 aromatic carbocycles. The summed E-state index contributed by atoms with van der Waals surface area (Å²) in [6.07, 6.45) is -2.15. The standard InChI is InChI=1S/C27H36N6O12/c1-14(36)29-18(10-22(38)39)26(44)33-20(13-35)27(45)31-17(9-15-5-3-2-4-6-15)25(43)32-19(11-23(40)41)24(42)30-16(12-34)7-8-21(28)37/h2-6,12,16-20,35H,7-11,13H2,1H3,(H2,28,37)(H,29,36)(H,30,42)(H,31,45)(H,32,43)(H,33,44)(H,38,39)(H,40,41)/t16-,17-,18-,19-,20-/m0/s1. The van der Waals surface area contributed by atoms with Crippen molar-refractivity contribution in [1.82, 2.24) is 26.6 Å². The number of aldehydes is 1. The van der Waals surface area contributed by atoms with Crippen molar-refractivity contribution in [3.63, 3.8) is 0 Å². The Bertz CT molecular complexity index is 1240. The van der Waals surface area contributed by atoms with E-state index in [2.05, 4.69) is 26.6 Å². The molecule has 0 unspecified atom stereocenters. The molecular weight excluding hydrogens is 600 g/mol. The van der Waals surface area contributed by atoms with Crippen LogP contribution in [0.1, 0.15) is 38.2 Å². The lowest BCUT2D eigenvalue weighted by atomic mass is 10.0. The molecule has 0 heterocycles. The summed E-state index contributed by atoms with van der Waals surface area (Å²) in [4.78, 5) is 108. The molecule has 0 radical (unpaired) electrons. The molecule has 18 nitrogen and oxygen atoms in total. The van der Waals surface area contributed by atoms with Gasteiger partial charge in [-0.25, -0.2) is 0 Å². The quantitative estimate of drug-likeness (QED) is 0.0620. The normalized spacial score (nSPS) is 13.8. The van der Waals surface area contributed by atoms with Crippen molar-refractivity contribution in [3.8, 4) is 0 Å². The zero-order chi connectivity index (χ0) is 34.1. The van der Waals surface area contributed by atoms with E-state index in [0.29, 0.717) is 11.8 Å². The number of hydrogen-bond donors (Lipinski definition) is 9. The first-order valence-corrected chi connectivity index (χ1v) is 13.5. The fraction of sp³-hybridized carbons (Fsp3) is 0.444. The van der Waals surface area contributed by atoms with Gasteiger partial charge in [0.1, 0.15) is 30.5 Å². The highest BCUT2D eigenvalue weighted by Gasteiger charge is 2.33. The number of aliphatic carboxylic acids is 2. The molecule has 0 aromatic heterocycles. The molecule has 246 valence electrons. The number of carboxylic acids is 2. The van der Waals surface area contributed by atoms with E-state index in [1.807, 2.05) is 0 Å². The van der Waals surface area contributed by atoms with Crippen LogP contribution in [-0.4, -0.2) is 106 Å². The molecule has 5 atom stereocenters. The second-order valence-corrected chi connectivity index (χ2v) is 9.76. The summed E-state index contributed by atoms with van der Waals surface area (Å²) in [5, 5.41) is 39.1. The molecule has 0 aliphatic rings. The minimum atomic E-state index is -1.75. The highest BCUT2D eigenvalue weighted by Crippen LogP contribution is 2.06. The summed E-state index contributed by atoms with van der Waals surface area (Å²) in [6, 6.07) is 0.290. The van der Waals surface area contributed by atoms with E-state index in [1.54, 1.807) is 30.3 Å². The van der Waals surface area contributed by atoms with Gasteiger partial charge in [-0.2, -0.15) is 0 Å². The van der Waals surface area contributed by atoms with Gasteiger partial charge in [-0.3, -0.25) is 38.4 Å². The van der Waals surface area contributed by atoms with Crippen LogP contribution in [0.15, 0.2) is 30.3 Å². The maximum absolute atomic E-state index is 13.3. The number of nitrogens with two attached hydrogens (primary N) is 1. The van der Waals surface area contributed by atoms with Gasteiger partial charge in [0.05, 0.1) is 25.5 Å². The maximum atomic E-state index is 13.3. The Morgan fingerprint density at radius 2 is 1.20 bits per heavy atom. The van der Waals surface area contributed by atoms with Gasteiger partial charge in [0.25, 0.3) is 0 Å². The van der Waals surface area contributed by atoms with Crippen molar-refractivity contribution in [2.24, 2.45) is 5.73 Å². The third kappa shape index (κ3) is 14.6. The highest BCUT2D eigenvalue weighted by molar-refractivity contribution is 5.97. The first kappa shape index (κ1) is 37.6. The first-order valence-electron chi connectivity index (χ1n) is 13.5. The number of nitrogens with one attached hydrogen (secondary N) is 5. The summed E-state index contributed by atoms with van der Waals surface area (Å²) in [6.45, 7) is 0.0167. The van der Waals surface area contributed by atoms with Gasteiger partial charge in [0.2, 0.25) is 35.4 Å². The number of benzene rings is 1. The SMILES string of the molecule is CC(=O)N[C@@H](CC(=O)O)C(=O)N[C@@H](CO)C(=O)N[C@@H](Cc1ccccc1)C(=O)N[C@@H](CC(=O)O)C(=O)N[C@H](C=O)CCC(N)=O. The van der Waals surface area contributed by atoms with Crippen LogP contribution in [0.5, 0.6) is 0 Å². The Hall–Kier alpha value is -5.39. The summed E-state index contributed by atoms with van der Waals surface area (Å²) in [5.74, 6) is -8.82. The summed E-state index contributed by atoms with van der Waals surface area (Å²) >= 11 is 0. The maximum Gasteiger partial charge on any atom is 0.305 e. The van der Waals surface area contributed by atoms with E-state index >= 15 is 0 Å². The van der Waals surface area contributed by atoms with Crippen LogP contribution in [0, 0.1) is 0 Å². The molecule has 0 aliphatic carbocycles. The molecule has 1 rings (SSSR count). The molecule has 45 heavy (non-hydrogen) atoms. The summed E-state index contributed by atoms with van der Waals surface area (Å²) in [7, 11) is 0. The van der Waals surface area contributed by atoms with Crippen LogP contribution in [0.4, 0.5) is 0 Å². The van der Waals surface area contributed by atoms with Crippen LogP contribution in [0.25, 0.3) is 0 Å². The predicted octanol–water partition coefficient (Wildman–Crippen LogP) is -3.92. The van der Waals surface area contributed by atoms with E-state index in [-0.39, 0.29) is 19.3 Å². The third-order valence-corrected chi connectivity index (χ3v) is 6.01. The van der Waals surface area contributed by atoms with E-state index in [9.17, 15) is 53.4 Å². The van der Waals surface area contributed by atoms with Crippen molar-refractivity contribution >= 4 is 53.7 Å². The Morgan fingerprint density at radius 3 is 1.69 bits per heavy atom. The fourth-order valence-electron chi connectivity index (χ4n) is 3.84. The van der Waals surface area contributed by atoms with Gasteiger partial charge in [-0.15, -0.1) is 0 Å². The lowest BCUT2D eigenvalue weighted by Gasteiger charge is -2.26. The zero-order valence-corrected chi connectivity index (χ0v) is 24.2. The number of aliphatic hydroxyl groups is 1. The van der Waals surface area contributed by atoms with E-state index < -0.39 is 97.0 Å². The van der Waals surface area contributed by atoms with Crippen molar-refractivity contribution in [3.05, 3.63) is 35.9 Å². The van der Waals surface area contributed by atoms with Crippen molar-refractivity contribution in [2.45, 2.75) is 69.2 Å². The number of carbonyl (C=O) groups is 9. The highest BCUT2D eigenvalue weighted by atomic mass is 16.4. The van der Waals surface area contributed by atoms with Crippen LogP contribution in [0.3, 0.4) is 0 Å². The van der Waals surface area contributed by atoms with Crippen LogP contribution in [-0.2, 0) is 49.6 Å². The zero-order valence-electron chi connectivity index (χ0n) is 24.2. The van der Waals surface area contributed by atoms with Gasteiger partial charge >= 0.3 is 11.9 Å². The van der Waals surface area contributed by atoms with Gasteiger partial charge in [0.15, 0.2) is 0 Å². The number of primary amides is 1. The molecule has 0 fully saturated rings. The van der Waals surface area contributed by atoms with E-state index in [0.717, 1.165) is 6.92 Å². The van der Waals surface area contributed by atoms with Crippen LogP contribution in [0.2, 0.25) is 0 Å². The molecule has 6 amide bonds. The second kappa shape index (κ2) is 19.0. The molecule has 0 saturated carbocycles. The first-order chi connectivity index (χ1) is 21.2. The predicted molar refractivity (Wildman–Crippen MR) is 152 cm³/mol. The molecular formula is C27H36N6O12. The number of rotatable bonds is 20. The molecule has 18 heteroatoms. The number of amides is 6. The summed E-state index contributed by atoms with van der Waals surface area (Å²) < 4.78 is 0. The summed E-state index contributed by atoms with van der Waals surface area (Å²) in [5.41, 5.74) is 5.55. The van der Waals surface area contributed by atoms with E-state index in [1.165, 1.54) is 0 Å². The Kier molecular flexibility index (Phi) is 15.9. The van der Waals surface area contributed by atoms with Crippen molar-refractivity contribution in [1.29, 1.82) is 0 Å². The Labute approximate surface area is 256 Å². The number of aliphatic hydroxyl groups excluding tert-OH is 1. The third-order valence-electron chi connectivity index (χ3n) is 6.01. The molecule has 1 aromatic rings. The Morgan fingerprint density at radius 1 is 0.733 bits per heavy atom. The average Bonchev–Trinajstić information content (AvgIpc) is 2.96. The second-order valence-electron chi connectivity index (χ2n) is 9.76. The topological polar surface area (TPSA) is 300 Å². The van der Waals surface area contributed by atoms with Crippen molar-refractivity contribution in [2.75, 3.05) is 6.61 Å². The molecule has 0 saturated heterocycles.